The van der Waals surface area contributed by atoms with Gasteiger partial charge in [-0.15, -0.1) is 11.3 Å². The lowest BCUT2D eigenvalue weighted by atomic mass is 9.91. The van der Waals surface area contributed by atoms with Gasteiger partial charge in [-0.3, -0.25) is 5.84 Å². The van der Waals surface area contributed by atoms with Crippen molar-refractivity contribution in [3.8, 4) is 0 Å². The van der Waals surface area contributed by atoms with Crippen LogP contribution in [0, 0.1) is 6.92 Å². The fourth-order valence-electron chi connectivity index (χ4n) is 1.68. The number of ether oxygens (including phenoxy) is 1. The number of aryl methyl sites for hydroxylation is 1. The number of rotatable bonds is 5. The lowest BCUT2D eigenvalue weighted by Gasteiger charge is -2.35. The summed E-state index contributed by atoms with van der Waals surface area (Å²) in [5, 5.41) is 2.08. The van der Waals surface area contributed by atoms with Gasteiger partial charge >= 0.3 is 0 Å². The summed E-state index contributed by atoms with van der Waals surface area (Å²) in [6, 6.07) is 2.16. The predicted octanol–water partition coefficient (Wildman–Crippen LogP) is 2.38. The van der Waals surface area contributed by atoms with Gasteiger partial charge in [-0.2, -0.15) is 0 Å². The van der Waals surface area contributed by atoms with Crippen LogP contribution < -0.4 is 11.3 Å². The molecule has 15 heavy (non-hydrogen) atoms. The normalized spacial score (nSPS) is 17.4. The summed E-state index contributed by atoms with van der Waals surface area (Å²) < 4.78 is 5.58. The van der Waals surface area contributed by atoms with Crippen molar-refractivity contribution in [3.05, 3.63) is 21.9 Å². The quantitative estimate of drug-likeness (QED) is 0.601. The SMILES string of the molecule is CCC(C)(OC)C(NN)c1sccc1C. The zero-order valence-electron chi connectivity index (χ0n) is 9.83. The summed E-state index contributed by atoms with van der Waals surface area (Å²) in [4.78, 5) is 1.25. The van der Waals surface area contributed by atoms with Crippen LogP contribution in [-0.4, -0.2) is 12.7 Å². The van der Waals surface area contributed by atoms with Crippen molar-refractivity contribution in [3.63, 3.8) is 0 Å². The summed E-state index contributed by atoms with van der Waals surface area (Å²) in [5.74, 6) is 5.65. The zero-order chi connectivity index (χ0) is 11.5. The highest BCUT2D eigenvalue weighted by atomic mass is 32.1. The van der Waals surface area contributed by atoms with Crippen LogP contribution in [0.25, 0.3) is 0 Å². The fraction of sp³-hybridized carbons (Fsp3) is 0.636. The second kappa shape index (κ2) is 5.07. The van der Waals surface area contributed by atoms with Gasteiger partial charge in [0.2, 0.25) is 0 Å². The van der Waals surface area contributed by atoms with E-state index in [-0.39, 0.29) is 11.6 Å². The minimum Gasteiger partial charge on any atom is -0.376 e. The molecule has 1 aromatic rings. The van der Waals surface area contributed by atoms with E-state index in [1.54, 1.807) is 18.4 Å². The van der Waals surface area contributed by atoms with Crippen molar-refractivity contribution < 1.29 is 4.74 Å². The van der Waals surface area contributed by atoms with Gasteiger partial charge in [0.15, 0.2) is 0 Å². The average Bonchev–Trinajstić information content (AvgIpc) is 2.66. The molecule has 3 N–H and O–H groups in total. The number of hydrogen-bond donors (Lipinski definition) is 2. The van der Waals surface area contributed by atoms with Crippen molar-refractivity contribution in [1.29, 1.82) is 0 Å². The minimum atomic E-state index is -0.260. The molecule has 0 amide bonds. The smallest absolute Gasteiger partial charge is 0.0862 e. The standard InChI is InChI=1S/C11H20N2OS/c1-5-11(3,14-4)10(13-12)9-8(2)6-7-15-9/h6-7,10,13H,5,12H2,1-4H3. The maximum atomic E-state index is 5.65. The van der Waals surface area contributed by atoms with Crippen LogP contribution in [0.15, 0.2) is 11.4 Å². The van der Waals surface area contributed by atoms with Crippen molar-refractivity contribution in [2.24, 2.45) is 5.84 Å². The Balaban J connectivity index is 3.03. The maximum Gasteiger partial charge on any atom is 0.0862 e. The first-order valence-electron chi connectivity index (χ1n) is 5.14. The van der Waals surface area contributed by atoms with E-state index in [4.69, 9.17) is 10.6 Å². The lowest BCUT2D eigenvalue weighted by molar-refractivity contribution is -0.0292. The summed E-state index contributed by atoms with van der Waals surface area (Å²) in [7, 11) is 1.73. The molecular formula is C11H20N2OS. The molecule has 0 saturated heterocycles. The third-order valence-electron chi connectivity index (χ3n) is 3.11. The van der Waals surface area contributed by atoms with Crippen LogP contribution in [0.5, 0.6) is 0 Å². The number of thiophene rings is 1. The van der Waals surface area contributed by atoms with Crippen LogP contribution in [0.4, 0.5) is 0 Å². The molecule has 0 spiro atoms. The minimum absolute atomic E-state index is 0.0486. The average molecular weight is 228 g/mol. The van der Waals surface area contributed by atoms with Gasteiger partial charge in [0.05, 0.1) is 11.6 Å². The van der Waals surface area contributed by atoms with Crippen LogP contribution in [-0.2, 0) is 4.74 Å². The number of methoxy groups -OCH3 is 1. The Bertz CT molecular complexity index is 307. The van der Waals surface area contributed by atoms with E-state index in [0.29, 0.717) is 0 Å². The highest BCUT2D eigenvalue weighted by molar-refractivity contribution is 7.10. The van der Waals surface area contributed by atoms with Crippen LogP contribution in [0.2, 0.25) is 0 Å². The summed E-state index contributed by atoms with van der Waals surface area (Å²) in [6.45, 7) is 6.29. The molecule has 1 rings (SSSR count). The van der Waals surface area contributed by atoms with Gasteiger partial charge < -0.3 is 4.74 Å². The molecule has 0 radical (unpaired) electrons. The van der Waals surface area contributed by atoms with Gasteiger partial charge in [-0.05, 0) is 37.3 Å². The van der Waals surface area contributed by atoms with Crippen molar-refractivity contribution >= 4 is 11.3 Å². The molecule has 0 saturated carbocycles. The Hall–Kier alpha value is -0.420. The molecule has 86 valence electrons. The fourth-order valence-corrected chi connectivity index (χ4v) is 2.80. The van der Waals surface area contributed by atoms with Gasteiger partial charge in [-0.1, -0.05) is 6.92 Å². The molecule has 2 atom stereocenters. The highest BCUT2D eigenvalue weighted by Crippen LogP contribution is 2.35. The van der Waals surface area contributed by atoms with Gasteiger partial charge in [0, 0.05) is 12.0 Å². The molecule has 1 aromatic heterocycles. The van der Waals surface area contributed by atoms with Gasteiger partial charge in [-0.25, -0.2) is 5.43 Å². The lowest BCUT2D eigenvalue weighted by Crippen LogP contribution is -2.45. The Kier molecular flexibility index (Phi) is 4.28. The van der Waals surface area contributed by atoms with E-state index in [2.05, 4.69) is 37.6 Å². The first kappa shape index (κ1) is 12.6. The van der Waals surface area contributed by atoms with Crippen molar-refractivity contribution in [2.45, 2.75) is 38.8 Å². The number of hydrazine groups is 1. The summed E-state index contributed by atoms with van der Waals surface area (Å²) in [6.07, 6.45) is 0.912. The van der Waals surface area contributed by atoms with Crippen LogP contribution in [0.1, 0.15) is 36.8 Å². The first-order chi connectivity index (χ1) is 7.09. The Labute approximate surface area is 95.6 Å². The van der Waals surface area contributed by atoms with E-state index < -0.39 is 0 Å². The molecule has 0 aliphatic heterocycles. The Morgan fingerprint density at radius 2 is 2.33 bits per heavy atom. The molecule has 3 nitrogen and oxygen atoms in total. The highest BCUT2D eigenvalue weighted by Gasteiger charge is 2.34. The predicted molar refractivity (Wildman–Crippen MR) is 64.8 cm³/mol. The summed E-state index contributed by atoms with van der Waals surface area (Å²) in [5.41, 5.74) is 3.88. The molecule has 0 aromatic carbocycles. The number of nitrogens with two attached hydrogens (primary N) is 1. The molecule has 0 aliphatic carbocycles. The molecule has 0 bridgehead atoms. The topological polar surface area (TPSA) is 47.3 Å². The second-order valence-electron chi connectivity index (χ2n) is 3.94. The Morgan fingerprint density at radius 3 is 2.67 bits per heavy atom. The van der Waals surface area contributed by atoms with Crippen molar-refractivity contribution in [1.82, 2.24) is 5.43 Å². The third kappa shape index (κ3) is 2.39. The third-order valence-corrected chi connectivity index (χ3v) is 4.19. The van der Waals surface area contributed by atoms with E-state index in [1.165, 1.54) is 10.4 Å². The number of hydrogen-bond acceptors (Lipinski definition) is 4. The molecule has 1 heterocycles. The van der Waals surface area contributed by atoms with E-state index in [1.807, 2.05) is 0 Å². The first-order valence-corrected chi connectivity index (χ1v) is 6.02. The zero-order valence-corrected chi connectivity index (χ0v) is 10.6. The van der Waals surface area contributed by atoms with E-state index in [0.717, 1.165) is 6.42 Å². The van der Waals surface area contributed by atoms with Gasteiger partial charge in [0.1, 0.15) is 0 Å². The molecule has 0 aliphatic rings. The number of nitrogens with one attached hydrogen (secondary N) is 1. The monoisotopic (exact) mass is 228 g/mol. The molecule has 4 heteroatoms. The van der Waals surface area contributed by atoms with Crippen LogP contribution >= 0.6 is 11.3 Å². The Morgan fingerprint density at radius 1 is 1.67 bits per heavy atom. The summed E-state index contributed by atoms with van der Waals surface area (Å²) >= 11 is 1.72. The van der Waals surface area contributed by atoms with Crippen LogP contribution in [0.3, 0.4) is 0 Å². The van der Waals surface area contributed by atoms with Gasteiger partial charge in [0.25, 0.3) is 0 Å². The largest absolute Gasteiger partial charge is 0.376 e. The molecule has 0 fully saturated rings. The van der Waals surface area contributed by atoms with E-state index >= 15 is 0 Å². The van der Waals surface area contributed by atoms with Crippen molar-refractivity contribution in [2.75, 3.05) is 7.11 Å². The second-order valence-corrected chi connectivity index (χ2v) is 4.89. The molecule has 2 unspecified atom stereocenters. The molecular weight excluding hydrogens is 208 g/mol. The maximum absolute atomic E-state index is 5.65. The van der Waals surface area contributed by atoms with E-state index in [9.17, 15) is 0 Å².